The summed E-state index contributed by atoms with van der Waals surface area (Å²) in [6.07, 6.45) is 11.1. The molecular formula is C15H26BNO2. The average Bonchev–Trinajstić information content (AvgIpc) is 2.58. The van der Waals surface area contributed by atoms with Gasteiger partial charge in [0.15, 0.2) is 0 Å². The van der Waals surface area contributed by atoms with E-state index in [0.717, 1.165) is 5.92 Å². The van der Waals surface area contributed by atoms with Crippen LogP contribution in [0.4, 0.5) is 0 Å². The first kappa shape index (κ1) is 13.5. The third-order valence-corrected chi connectivity index (χ3v) is 5.45. The smallest absolute Gasteiger partial charge is 0.384 e. The number of nitrogens with zero attached hydrogens (tertiary/aromatic N) is 1. The highest BCUT2D eigenvalue weighted by molar-refractivity contribution is 6.42. The Labute approximate surface area is 117 Å². The molecule has 0 N–H and O–H groups in total. The molecule has 106 valence electrons. The van der Waals surface area contributed by atoms with Crippen molar-refractivity contribution in [3.63, 3.8) is 0 Å². The molecule has 0 aromatic heterocycles. The molecule has 1 saturated carbocycles. The molecule has 2 aliphatic heterocycles. The van der Waals surface area contributed by atoms with Crippen molar-refractivity contribution in [1.82, 2.24) is 4.81 Å². The number of rotatable bonds is 1. The molecule has 1 aliphatic carbocycles. The lowest BCUT2D eigenvalue weighted by Crippen LogP contribution is -2.50. The molecule has 2 fully saturated rings. The lowest BCUT2D eigenvalue weighted by Gasteiger charge is -2.42. The fourth-order valence-corrected chi connectivity index (χ4v) is 3.48. The lowest BCUT2D eigenvalue weighted by molar-refractivity contribution is 0.00578. The number of fused-ring (bicyclic) bond motifs is 1. The molecule has 4 heteroatoms. The largest absolute Gasteiger partial charge is 0.593 e. The molecule has 0 bridgehead atoms. The van der Waals surface area contributed by atoms with Crippen LogP contribution in [-0.4, -0.2) is 29.3 Å². The topological polar surface area (TPSA) is 21.7 Å². The first-order valence-corrected chi connectivity index (χ1v) is 7.70. The van der Waals surface area contributed by atoms with Crippen molar-refractivity contribution in [2.24, 2.45) is 5.92 Å². The second-order valence-electron chi connectivity index (χ2n) is 7.24. The van der Waals surface area contributed by atoms with Crippen molar-refractivity contribution in [3.8, 4) is 0 Å². The Morgan fingerprint density at radius 3 is 2.37 bits per heavy atom. The van der Waals surface area contributed by atoms with Gasteiger partial charge in [0.1, 0.15) is 0 Å². The van der Waals surface area contributed by atoms with Gasteiger partial charge in [-0.05, 0) is 59.1 Å². The zero-order valence-corrected chi connectivity index (χ0v) is 12.7. The first-order chi connectivity index (χ1) is 8.91. The highest BCUT2D eigenvalue weighted by Crippen LogP contribution is 2.41. The third-order valence-electron chi connectivity index (χ3n) is 5.45. The van der Waals surface area contributed by atoms with E-state index in [0.29, 0.717) is 6.04 Å². The van der Waals surface area contributed by atoms with Crippen molar-refractivity contribution in [1.29, 1.82) is 0 Å². The quantitative estimate of drug-likeness (QED) is 0.677. The Kier molecular flexibility index (Phi) is 3.22. The molecule has 0 aromatic rings. The molecule has 2 heterocycles. The maximum atomic E-state index is 6.20. The van der Waals surface area contributed by atoms with Gasteiger partial charge in [-0.3, -0.25) is 0 Å². The summed E-state index contributed by atoms with van der Waals surface area (Å²) in [6.45, 7) is 8.50. The minimum Gasteiger partial charge on any atom is -0.384 e. The lowest BCUT2D eigenvalue weighted by atomic mass is 9.77. The van der Waals surface area contributed by atoms with Gasteiger partial charge < -0.3 is 14.1 Å². The van der Waals surface area contributed by atoms with Crippen LogP contribution in [0.2, 0.25) is 0 Å². The van der Waals surface area contributed by atoms with Crippen LogP contribution in [0.3, 0.4) is 0 Å². The summed E-state index contributed by atoms with van der Waals surface area (Å²) >= 11 is 0. The zero-order chi connectivity index (χ0) is 13.7. The minimum absolute atomic E-state index is 0.216. The van der Waals surface area contributed by atoms with Gasteiger partial charge in [-0.25, -0.2) is 0 Å². The summed E-state index contributed by atoms with van der Waals surface area (Å²) < 4.78 is 12.4. The predicted molar refractivity (Wildman–Crippen MR) is 77.4 cm³/mol. The summed E-state index contributed by atoms with van der Waals surface area (Å²) in [4.78, 5) is 2.34. The highest BCUT2D eigenvalue weighted by Gasteiger charge is 2.55. The Hall–Kier alpha value is -0.475. The summed E-state index contributed by atoms with van der Waals surface area (Å²) in [7, 11) is -0.216. The van der Waals surface area contributed by atoms with Gasteiger partial charge in [0.05, 0.1) is 11.2 Å². The summed E-state index contributed by atoms with van der Waals surface area (Å²) in [5.74, 6) is 0.790. The van der Waals surface area contributed by atoms with E-state index in [1.54, 1.807) is 0 Å². The van der Waals surface area contributed by atoms with Gasteiger partial charge in [-0.2, -0.15) is 0 Å². The molecule has 0 radical (unpaired) electrons. The van der Waals surface area contributed by atoms with Gasteiger partial charge in [-0.1, -0.05) is 18.9 Å². The fraction of sp³-hybridized carbons (Fsp3) is 0.867. The van der Waals surface area contributed by atoms with Crippen molar-refractivity contribution < 1.29 is 9.31 Å². The van der Waals surface area contributed by atoms with Crippen LogP contribution in [0.5, 0.6) is 0 Å². The van der Waals surface area contributed by atoms with E-state index < -0.39 is 0 Å². The standard InChI is InChI=1S/C15H26BNO2/c1-14(2)15(3,4)19-16(18-14)17-11-7-9-12-8-5-6-10-13(12)17/h7,11-13H,5-6,8-10H2,1-4H3/t12-,13-/m0/s1. The van der Waals surface area contributed by atoms with E-state index in [4.69, 9.17) is 9.31 Å². The fourth-order valence-electron chi connectivity index (χ4n) is 3.48. The van der Waals surface area contributed by atoms with E-state index in [2.05, 4.69) is 44.8 Å². The maximum Gasteiger partial charge on any atom is 0.593 e. The third kappa shape index (κ3) is 2.23. The second kappa shape index (κ2) is 4.52. The molecule has 2 atom stereocenters. The normalized spacial score (nSPS) is 36.4. The summed E-state index contributed by atoms with van der Waals surface area (Å²) in [6, 6.07) is 0.605. The molecule has 19 heavy (non-hydrogen) atoms. The van der Waals surface area contributed by atoms with Crippen molar-refractivity contribution in [2.75, 3.05) is 0 Å². The van der Waals surface area contributed by atoms with Crippen LogP contribution >= 0.6 is 0 Å². The molecule has 0 spiro atoms. The van der Waals surface area contributed by atoms with Crippen molar-refractivity contribution in [3.05, 3.63) is 12.3 Å². The molecule has 3 nitrogen and oxygen atoms in total. The SMILES string of the molecule is CC1(C)OB(N2C=CC[C@@H]3CCCC[C@@H]32)OC1(C)C. The number of hydrogen-bond donors (Lipinski definition) is 0. The average molecular weight is 263 g/mol. The number of allylic oxidation sites excluding steroid dienone is 1. The summed E-state index contributed by atoms with van der Waals surface area (Å²) in [5.41, 5.74) is -0.486. The van der Waals surface area contributed by atoms with E-state index in [9.17, 15) is 0 Å². The van der Waals surface area contributed by atoms with Gasteiger partial charge in [-0.15, -0.1) is 0 Å². The van der Waals surface area contributed by atoms with Crippen LogP contribution in [0.15, 0.2) is 12.3 Å². The maximum absolute atomic E-state index is 6.20. The van der Waals surface area contributed by atoms with Crippen LogP contribution in [-0.2, 0) is 9.31 Å². The Morgan fingerprint density at radius 1 is 1.05 bits per heavy atom. The van der Waals surface area contributed by atoms with E-state index in [1.807, 2.05) is 0 Å². The second-order valence-corrected chi connectivity index (χ2v) is 7.24. The predicted octanol–water partition coefficient (Wildman–Crippen LogP) is 3.35. The van der Waals surface area contributed by atoms with E-state index >= 15 is 0 Å². The molecule has 0 amide bonds. The van der Waals surface area contributed by atoms with Crippen molar-refractivity contribution in [2.45, 2.75) is 77.0 Å². The molecule has 0 aromatic carbocycles. The molecule has 3 rings (SSSR count). The summed E-state index contributed by atoms with van der Waals surface area (Å²) in [5, 5.41) is 0. The van der Waals surface area contributed by atoms with E-state index in [-0.39, 0.29) is 18.5 Å². The van der Waals surface area contributed by atoms with Gasteiger partial charge >= 0.3 is 7.25 Å². The minimum atomic E-state index is -0.243. The Balaban J connectivity index is 1.79. The Bertz CT molecular complexity index is 364. The zero-order valence-electron chi connectivity index (χ0n) is 12.7. The van der Waals surface area contributed by atoms with Crippen LogP contribution in [0, 0.1) is 5.92 Å². The number of hydrogen-bond acceptors (Lipinski definition) is 3. The molecular weight excluding hydrogens is 237 g/mol. The molecule has 0 unspecified atom stereocenters. The van der Waals surface area contributed by atoms with Crippen LogP contribution in [0.25, 0.3) is 0 Å². The van der Waals surface area contributed by atoms with Gasteiger partial charge in [0, 0.05) is 6.04 Å². The van der Waals surface area contributed by atoms with E-state index in [1.165, 1.54) is 32.1 Å². The first-order valence-electron chi connectivity index (χ1n) is 7.70. The van der Waals surface area contributed by atoms with Crippen LogP contribution in [0.1, 0.15) is 59.8 Å². The Morgan fingerprint density at radius 2 is 1.68 bits per heavy atom. The van der Waals surface area contributed by atoms with Gasteiger partial charge in [0.25, 0.3) is 0 Å². The van der Waals surface area contributed by atoms with Crippen LogP contribution < -0.4 is 0 Å². The molecule has 3 aliphatic rings. The highest BCUT2D eigenvalue weighted by atomic mass is 16.7. The van der Waals surface area contributed by atoms with Gasteiger partial charge in [0.2, 0.25) is 0 Å². The monoisotopic (exact) mass is 263 g/mol. The van der Waals surface area contributed by atoms with Crippen molar-refractivity contribution >= 4 is 7.25 Å². The molecule has 1 saturated heterocycles.